The van der Waals surface area contributed by atoms with Crippen LogP contribution in [-0.4, -0.2) is 50.5 Å². The summed E-state index contributed by atoms with van der Waals surface area (Å²) in [6, 6.07) is 5.24. The molecule has 1 aromatic carbocycles. The number of nitrogens with zero attached hydrogens (tertiary/aromatic N) is 4. The number of aryl methyl sites for hydroxylation is 2. The first kappa shape index (κ1) is 17.1. The van der Waals surface area contributed by atoms with Crippen LogP contribution < -0.4 is 5.73 Å². The molecule has 2 amide bonds. The number of aromatic nitrogens is 3. The fraction of sp³-hybridized carbons (Fsp3) is 0.412. The zero-order valence-electron chi connectivity index (χ0n) is 14.1. The molecule has 0 radical (unpaired) electrons. The van der Waals surface area contributed by atoms with Gasteiger partial charge >= 0.3 is 0 Å². The number of nitrogens with two attached hydrogens (primary N) is 1. The molecular formula is C17H20FN5O2. The summed E-state index contributed by atoms with van der Waals surface area (Å²) in [6.45, 7) is 4.15. The normalized spacial score (nSPS) is 20.0. The van der Waals surface area contributed by atoms with E-state index in [1.807, 2.05) is 19.9 Å². The van der Waals surface area contributed by atoms with Crippen molar-refractivity contribution < 1.29 is 14.0 Å². The summed E-state index contributed by atoms with van der Waals surface area (Å²) in [4.78, 5) is 25.5. The van der Waals surface area contributed by atoms with Gasteiger partial charge in [0, 0.05) is 12.0 Å². The molecule has 0 aliphatic carbocycles. The lowest BCUT2D eigenvalue weighted by Crippen LogP contribution is -2.38. The van der Waals surface area contributed by atoms with Crippen LogP contribution in [0.4, 0.5) is 4.39 Å². The number of hydrogen-bond donors (Lipinski definition) is 1. The highest BCUT2D eigenvalue weighted by Crippen LogP contribution is 2.24. The van der Waals surface area contributed by atoms with Gasteiger partial charge in [0.25, 0.3) is 11.8 Å². The molecule has 0 bridgehead atoms. The molecule has 25 heavy (non-hydrogen) atoms. The highest BCUT2D eigenvalue weighted by Gasteiger charge is 2.36. The predicted octanol–water partition coefficient (Wildman–Crippen LogP) is 1.25. The maximum absolute atomic E-state index is 14.0. The van der Waals surface area contributed by atoms with Gasteiger partial charge in [-0.3, -0.25) is 9.59 Å². The van der Waals surface area contributed by atoms with E-state index in [2.05, 4.69) is 10.3 Å². The first-order valence-corrected chi connectivity index (χ1v) is 8.06. The average Bonchev–Trinajstić information content (AvgIpc) is 3.13. The first-order chi connectivity index (χ1) is 11.8. The highest BCUT2D eigenvalue weighted by atomic mass is 19.1. The standard InChI is InChI=1S/C17H20FN5O2/c1-10-3-11(2)5-12(4-10)17(25)23-7-13(18)6-14(23)8-22-9-15(16(19)24)20-21-22/h3-5,9,13-14H,6-8H2,1-2H3,(H2,19,24)/t13-,14-/m0/s1. The monoisotopic (exact) mass is 345 g/mol. The van der Waals surface area contributed by atoms with E-state index in [0.717, 1.165) is 11.1 Å². The number of benzene rings is 1. The molecule has 1 aromatic heterocycles. The molecule has 1 aliphatic rings. The summed E-state index contributed by atoms with van der Waals surface area (Å²) in [6.07, 6.45) is 0.550. The van der Waals surface area contributed by atoms with E-state index in [4.69, 9.17) is 5.73 Å². The Morgan fingerprint density at radius 3 is 2.56 bits per heavy atom. The lowest BCUT2D eigenvalue weighted by atomic mass is 10.1. The van der Waals surface area contributed by atoms with E-state index in [1.54, 1.807) is 12.1 Å². The second-order valence-corrected chi connectivity index (χ2v) is 6.51. The van der Waals surface area contributed by atoms with E-state index in [9.17, 15) is 14.0 Å². The molecule has 2 N–H and O–H groups in total. The number of rotatable bonds is 4. The molecule has 2 heterocycles. The van der Waals surface area contributed by atoms with E-state index in [0.29, 0.717) is 5.56 Å². The molecule has 132 valence electrons. The lowest BCUT2D eigenvalue weighted by Gasteiger charge is -2.24. The van der Waals surface area contributed by atoms with Crippen molar-refractivity contribution >= 4 is 11.8 Å². The van der Waals surface area contributed by atoms with Gasteiger partial charge in [0.15, 0.2) is 5.69 Å². The van der Waals surface area contributed by atoms with E-state index >= 15 is 0 Å². The van der Waals surface area contributed by atoms with Gasteiger partial charge < -0.3 is 10.6 Å². The van der Waals surface area contributed by atoms with Crippen molar-refractivity contribution in [3.63, 3.8) is 0 Å². The minimum Gasteiger partial charge on any atom is -0.364 e. The zero-order valence-corrected chi connectivity index (χ0v) is 14.1. The van der Waals surface area contributed by atoms with E-state index in [-0.39, 0.29) is 37.2 Å². The number of hydrogen-bond acceptors (Lipinski definition) is 4. The van der Waals surface area contributed by atoms with Crippen LogP contribution in [0.5, 0.6) is 0 Å². The van der Waals surface area contributed by atoms with Gasteiger partial charge in [0.2, 0.25) is 0 Å². The SMILES string of the molecule is Cc1cc(C)cc(C(=O)N2C[C@@H](F)C[C@H]2Cn2cc(C(N)=O)nn2)c1. The molecule has 1 aliphatic heterocycles. The summed E-state index contributed by atoms with van der Waals surface area (Å²) >= 11 is 0. The number of alkyl halides is 1. The van der Waals surface area contributed by atoms with Crippen molar-refractivity contribution in [2.75, 3.05) is 6.54 Å². The number of carbonyl (C=O) groups is 2. The summed E-state index contributed by atoms with van der Waals surface area (Å²) in [5, 5.41) is 7.50. The van der Waals surface area contributed by atoms with Crippen molar-refractivity contribution in [2.24, 2.45) is 5.73 Å². The van der Waals surface area contributed by atoms with Crippen molar-refractivity contribution in [2.45, 2.75) is 39.0 Å². The van der Waals surface area contributed by atoms with Crippen LogP contribution in [0.3, 0.4) is 0 Å². The summed E-state index contributed by atoms with van der Waals surface area (Å²) in [5.74, 6) is -0.878. The molecule has 0 saturated carbocycles. The first-order valence-electron chi connectivity index (χ1n) is 8.06. The quantitative estimate of drug-likeness (QED) is 0.902. The predicted molar refractivity (Wildman–Crippen MR) is 88.8 cm³/mol. The molecule has 7 nitrogen and oxygen atoms in total. The maximum atomic E-state index is 14.0. The molecular weight excluding hydrogens is 325 g/mol. The third-order valence-electron chi connectivity index (χ3n) is 4.28. The second kappa shape index (κ2) is 6.62. The maximum Gasteiger partial charge on any atom is 0.270 e. The van der Waals surface area contributed by atoms with Gasteiger partial charge in [-0.1, -0.05) is 22.4 Å². The third kappa shape index (κ3) is 3.67. The van der Waals surface area contributed by atoms with Crippen molar-refractivity contribution in [3.8, 4) is 0 Å². The van der Waals surface area contributed by atoms with Gasteiger partial charge in [-0.2, -0.15) is 0 Å². The Hall–Kier alpha value is -2.77. The number of halogens is 1. The van der Waals surface area contributed by atoms with Crippen LogP contribution in [0, 0.1) is 13.8 Å². The Labute approximate surface area is 144 Å². The Kier molecular flexibility index (Phi) is 4.52. The minimum absolute atomic E-state index is 0.0435. The minimum atomic E-state index is -1.08. The number of amides is 2. The third-order valence-corrected chi connectivity index (χ3v) is 4.28. The van der Waals surface area contributed by atoms with Crippen LogP contribution >= 0.6 is 0 Å². The number of carbonyl (C=O) groups excluding carboxylic acids is 2. The Bertz CT molecular complexity index is 799. The molecule has 2 aromatic rings. The van der Waals surface area contributed by atoms with Crippen LogP contribution in [0.15, 0.2) is 24.4 Å². The van der Waals surface area contributed by atoms with Gasteiger partial charge in [-0.05, 0) is 26.0 Å². The molecule has 0 unspecified atom stereocenters. The Balaban J connectivity index is 1.80. The van der Waals surface area contributed by atoms with Crippen molar-refractivity contribution in [1.82, 2.24) is 19.9 Å². The van der Waals surface area contributed by atoms with Crippen LogP contribution in [0.1, 0.15) is 38.4 Å². The van der Waals surface area contributed by atoms with Crippen molar-refractivity contribution in [1.29, 1.82) is 0 Å². The second-order valence-electron chi connectivity index (χ2n) is 6.51. The highest BCUT2D eigenvalue weighted by molar-refractivity contribution is 5.95. The van der Waals surface area contributed by atoms with Gasteiger partial charge in [0.1, 0.15) is 6.17 Å². The summed E-state index contributed by atoms with van der Waals surface area (Å²) in [7, 11) is 0. The largest absolute Gasteiger partial charge is 0.364 e. The Morgan fingerprint density at radius 2 is 1.96 bits per heavy atom. The van der Waals surface area contributed by atoms with Crippen LogP contribution in [-0.2, 0) is 6.54 Å². The topological polar surface area (TPSA) is 94.1 Å². The molecule has 0 spiro atoms. The van der Waals surface area contributed by atoms with Gasteiger partial charge in [0.05, 0.1) is 25.3 Å². The van der Waals surface area contributed by atoms with Gasteiger partial charge in [-0.15, -0.1) is 5.10 Å². The van der Waals surface area contributed by atoms with Crippen molar-refractivity contribution in [3.05, 3.63) is 46.8 Å². The molecule has 8 heteroatoms. The number of primary amides is 1. The van der Waals surface area contributed by atoms with E-state index in [1.165, 1.54) is 15.8 Å². The smallest absolute Gasteiger partial charge is 0.270 e. The van der Waals surface area contributed by atoms with Gasteiger partial charge in [-0.25, -0.2) is 9.07 Å². The fourth-order valence-corrected chi connectivity index (χ4v) is 3.26. The Morgan fingerprint density at radius 1 is 1.28 bits per heavy atom. The summed E-state index contributed by atoms with van der Waals surface area (Å²) < 4.78 is 15.4. The summed E-state index contributed by atoms with van der Waals surface area (Å²) in [5.41, 5.74) is 7.72. The molecule has 3 rings (SSSR count). The molecule has 2 atom stereocenters. The van der Waals surface area contributed by atoms with E-state index < -0.39 is 12.1 Å². The molecule has 1 saturated heterocycles. The molecule has 1 fully saturated rings. The lowest BCUT2D eigenvalue weighted by molar-refractivity contribution is 0.0714. The fourth-order valence-electron chi connectivity index (χ4n) is 3.26. The average molecular weight is 345 g/mol. The number of likely N-dealkylation sites (tertiary alicyclic amines) is 1. The zero-order chi connectivity index (χ0) is 18.1. The van der Waals surface area contributed by atoms with Crippen LogP contribution in [0.25, 0.3) is 0 Å². The van der Waals surface area contributed by atoms with Crippen LogP contribution in [0.2, 0.25) is 0 Å².